The van der Waals surface area contributed by atoms with Gasteiger partial charge in [-0.1, -0.05) is 30.3 Å². The number of piperidine rings is 1. The van der Waals surface area contributed by atoms with Crippen LogP contribution in [0.4, 0.5) is 15.3 Å². The molecule has 0 aromatic heterocycles. The van der Waals surface area contributed by atoms with Gasteiger partial charge in [0, 0.05) is 37.8 Å². The number of para-hydroxylation sites is 3. The van der Waals surface area contributed by atoms with Crippen molar-refractivity contribution in [3.8, 4) is 11.5 Å². The molecule has 0 radical (unpaired) electrons. The average Bonchev–Trinajstić information content (AvgIpc) is 3.11. The van der Waals surface area contributed by atoms with Gasteiger partial charge in [-0.05, 0) is 135 Å². The molecule has 55 heavy (non-hydrogen) atoms. The first kappa shape index (κ1) is 42.9. The number of likely N-dealkylation sites (tertiary alicyclic amines) is 1. The van der Waals surface area contributed by atoms with E-state index in [1.807, 2.05) is 59.7 Å². The van der Waals surface area contributed by atoms with Gasteiger partial charge in [0.05, 0.1) is 10.6 Å². The average molecular weight is 780 g/mol. The summed E-state index contributed by atoms with van der Waals surface area (Å²) in [6.45, 7) is 13.9. The topological polar surface area (TPSA) is 164 Å². The van der Waals surface area contributed by atoms with Gasteiger partial charge in [-0.25, -0.2) is 18.0 Å². The monoisotopic (exact) mass is 779 g/mol. The van der Waals surface area contributed by atoms with E-state index < -0.39 is 27.3 Å². The minimum atomic E-state index is -4.01. The number of alkyl carbamates (subject to hydrolysis) is 1. The van der Waals surface area contributed by atoms with Crippen molar-refractivity contribution in [1.82, 2.24) is 20.9 Å². The van der Waals surface area contributed by atoms with Crippen LogP contribution in [-0.4, -0.2) is 81.4 Å². The first-order chi connectivity index (χ1) is 26.0. The van der Waals surface area contributed by atoms with Crippen LogP contribution in [0.5, 0.6) is 11.5 Å². The number of anilines is 1. The maximum Gasteiger partial charge on any atom is 0.410 e. The Morgan fingerprint density at radius 2 is 1.45 bits per heavy atom. The van der Waals surface area contributed by atoms with Crippen LogP contribution in [-0.2, 0) is 19.5 Å². The van der Waals surface area contributed by atoms with Crippen molar-refractivity contribution in [3.63, 3.8) is 0 Å². The highest BCUT2D eigenvalue weighted by atomic mass is 32.2. The van der Waals surface area contributed by atoms with E-state index in [0.717, 1.165) is 25.8 Å². The van der Waals surface area contributed by atoms with Gasteiger partial charge >= 0.3 is 12.2 Å². The van der Waals surface area contributed by atoms with Crippen molar-refractivity contribution >= 4 is 33.8 Å². The van der Waals surface area contributed by atoms with Crippen molar-refractivity contribution < 1.29 is 37.0 Å². The van der Waals surface area contributed by atoms with Crippen molar-refractivity contribution in [2.24, 2.45) is 5.92 Å². The lowest BCUT2D eigenvalue weighted by Gasteiger charge is -2.33. The zero-order valence-corrected chi connectivity index (χ0v) is 33.7. The summed E-state index contributed by atoms with van der Waals surface area (Å²) in [4.78, 5) is 39.7. The highest BCUT2D eigenvalue weighted by Crippen LogP contribution is 2.31. The van der Waals surface area contributed by atoms with Gasteiger partial charge in [-0.2, -0.15) is 0 Å². The number of hydrogen-bond donors (Lipinski definition) is 4. The summed E-state index contributed by atoms with van der Waals surface area (Å²) in [6.07, 6.45) is 2.99. The molecule has 0 spiro atoms. The number of amides is 3. The zero-order valence-electron chi connectivity index (χ0n) is 32.9. The fraction of sp³-hybridized carbons (Fsp3) is 0.488. The number of hydrogen-bond acceptors (Lipinski definition) is 9. The summed E-state index contributed by atoms with van der Waals surface area (Å²) < 4.78 is 46.1. The molecule has 3 aromatic carbocycles. The Balaban J connectivity index is 1.33. The predicted octanol–water partition coefficient (Wildman–Crippen LogP) is 7.31. The highest BCUT2D eigenvalue weighted by molar-refractivity contribution is 7.92. The third-order valence-corrected chi connectivity index (χ3v) is 9.98. The van der Waals surface area contributed by atoms with Crippen molar-refractivity contribution in [3.05, 3.63) is 84.4 Å². The number of ether oxygens (including phenoxy) is 3. The molecule has 1 fully saturated rings. The summed E-state index contributed by atoms with van der Waals surface area (Å²) in [6, 6.07) is 21.4. The largest absolute Gasteiger partial charge is 0.455 e. The minimum Gasteiger partial charge on any atom is -0.455 e. The standard InChI is InChI=1S/C41H57N5O8S/c1-40(2,3)53-38(48)43-25-13-12-14-32(29-42-28-30-23-26-46(27-24-30)39(49)54-41(4,5)6)44-37(47)31-19-21-34(22-20-31)55(50,51)45-35-17-10-11-18-36(35)52-33-15-8-7-9-16-33/h7-11,15-22,30,32,42,45H,12-14,23-29H2,1-6H3,(H,43,48)(H,44,47)/t32-/m0/s1. The lowest BCUT2D eigenvalue weighted by atomic mass is 9.97. The molecule has 0 bridgehead atoms. The van der Waals surface area contributed by atoms with Crippen LogP contribution in [0.3, 0.4) is 0 Å². The van der Waals surface area contributed by atoms with Crippen molar-refractivity contribution in [2.45, 2.75) is 95.8 Å². The van der Waals surface area contributed by atoms with Crippen LogP contribution < -0.4 is 25.4 Å². The Morgan fingerprint density at radius 3 is 2.11 bits per heavy atom. The number of carbonyl (C=O) groups excluding carboxylic acids is 3. The maximum atomic E-state index is 13.5. The molecular formula is C41H57N5O8S. The van der Waals surface area contributed by atoms with Crippen LogP contribution in [0.2, 0.25) is 0 Å². The predicted molar refractivity (Wildman–Crippen MR) is 213 cm³/mol. The van der Waals surface area contributed by atoms with Crippen LogP contribution >= 0.6 is 0 Å². The van der Waals surface area contributed by atoms with E-state index in [-0.39, 0.29) is 28.6 Å². The number of nitrogens with one attached hydrogen (secondary N) is 4. The summed E-state index contributed by atoms with van der Waals surface area (Å²) in [5.41, 5.74) is -0.529. The number of nitrogens with zero attached hydrogens (tertiary/aromatic N) is 1. The molecule has 1 saturated heterocycles. The Kier molecular flexibility index (Phi) is 15.3. The Labute approximate surface area is 325 Å². The van der Waals surface area contributed by atoms with Crippen LogP contribution in [0, 0.1) is 5.92 Å². The molecule has 4 N–H and O–H groups in total. The van der Waals surface area contributed by atoms with Crippen LogP contribution in [0.15, 0.2) is 83.8 Å². The molecule has 14 heteroatoms. The molecule has 1 atom stereocenters. The van der Waals surface area contributed by atoms with Gasteiger partial charge in [0.25, 0.3) is 15.9 Å². The number of benzene rings is 3. The quantitative estimate of drug-likeness (QED) is 0.109. The molecule has 1 aliphatic rings. The molecular weight excluding hydrogens is 723 g/mol. The molecule has 0 unspecified atom stereocenters. The lowest BCUT2D eigenvalue weighted by Crippen LogP contribution is -2.45. The summed E-state index contributed by atoms with van der Waals surface area (Å²) in [7, 11) is -4.01. The first-order valence-electron chi connectivity index (χ1n) is 18.9. The zero-order chi connectivity index (χ0) is 40.1. The molecule has 1 aliphatic heterocycles. The molecule has 0 saturated carbocycles. The minimum absolute atomic E-state index is 0.00742. The van der Waals surface area contributed by atoms with E-state index in [0.29, 0.717) is 62.0 Å². The molecule has 3 aromatic rings. The second-order valence-corrected chi connectivity index (χ2v) is 17.4. The normalized spacial score (nSPS) is 14.4. The molecule has 1 heterocycles. The molecule has 0 aliphatic carbocycles. The summed E-state index contributed by atoms with van der Waals surface area (Å²) in [5, 5.41) is 9.40. The first-order valence-corrected chi connectivity index (χ1v) is 20.4. The number of unbranched alkanes of at least 4 members (excludes halogenated alkanes) is 1. The summed E-state index contributed by atoms with van der Waals surface area (Å²) >= 11 is 0. The Hall–Kier alpha value is -4.82. The van der Waals surface area contributed by atoms with E-state index in [9.17, 15) is 22.8 Å². The SMILES string of the molecule is CC(C)(C)OC(=O)NCCCC[C@@H](CNCC1CCN(C(=O)OC(C)(C)C)CC1)NC(=O)c1ccc(S(=O)(=O)Nc2ccccc2Oc2ccccc2)cc1. The number of carbonyl (C=O) groups is 3. The lowest BCUT2D eigenvalue weighted by molar-refractivity contribution is 0.0183. The van der Waals surface area contributed by atoms with Crippen LogP contribution in [0.1, 0.15) is 84.0 Å². The molecule has 4 rings (SSSR count). The third-order valence-electron chi connectivity index (χ3n) is 8.60. The maximum absolute atomic E-state index is 13.5. The van der Waals surface area contributed by atoms with Gasteiger partial charge in [0.1, 0.15) is 17.0 Å². The Bertz CT molecular complexity index is 1800. The molecule has 13 nitrogen and oxygen atoms in total. The third kappa shape index (κ3) is 15.1. The van der Waals surface area contributed by atoms with Crippen LogP contribution in [0.25, 0.3) is 0 Å². The second-order valence-electron chi connectivity index (χ2n) is 15.7. The van der Waals surface area contributed by atoms with Gasteiger partial charge in [-0.3, -0.25) is 9.52 Å². The Morgan fingerprint density at radius 1 is 0.818 bits per heavy atom. The van der Waals surface area contributed by atoms with Gasteiger partial charge < -0.3 is 35.1 Å². The summed E-state index contributed by atoms with van der Waals surface area (Å²) in [5.74, 6) is 0.951. The number of rotatable bonds is 16. The fourth-order valence-electron chi connectivity index (χ4n) is 5.87. The van der Waals surface area contributed by atoms with E-state index in [4.69, 9.17) is 14.2 Å². The van der Waals surface area contributed by atoms with Crippen molar-refractivity contribution in [2.75, 3.05) is 37.4 Å². The van der Waals surface area contributed by atoms with Gasteiger partial charge in [0.15, 0.2) is 5.75 Å². The van der Waals surface area contributed by atoms with Gasteiger partial charge in [0.2, 0.25) is 0 Å². The van der Waals surface area contributed by atoms with E-state index in [1.165, 1.54) is 24.3 Å². The highest BCUT2D eigenvalue weighted by Gasteiger charge is 2.27. The second kappa shape index (κ2) is 19.7. The van der Waals surface area contributed by atoms with E-state index >= 15 is 0 Å². The molecule has 3 amide bonds. The van der Waals surface area contributed by atoms with E-state index in [2.05, 4.69) is 20.7 Å². The van der Waals surface area contributed by atoms with E-state index in [1.54, 1.807) is 41.3 Å². The van der Waals surface area contributed by atoms with Crippen molar-refractivity contribution in [1.29, 1.82) is 0 Å². The fourth-order valence-corrected chi connectivity index (χ4v) is 6.94. The smallest absolute Gasteiger partial charge is 0.410 e. The number of sulfonamides is 1. The molecule has 300 valence electrons. The van der Waals surface area contributed by atoms with Gasteiger partial charge in [-0.15, -0.1) is 0 Å².